The van der Waals surface area contributed by atoms with Crippen LogP contribution in [0.15, 0.2) is 30.5 Å². The van der Waals surface area contributed by atoms with Gasteiger partial charge in [0.25, 0.3) is 0 Å². The van der Waals surface area contributed by atoms with Crippen LogP contribution in [0.1, 0.15) is 70.8 Å². The summed E-state index contributed by atoms with van der Waals surface area (Å²) < 4.78 is 0. The van der Waals surface area contributed by atoms with Gasteiger partial charge in [0.05, 0.1) is 17.8 Å². The summed E-state index contributed by atoms with van der Waals surface area (Å²) in [5.74, 6) is 0.262. The molecule has 168 valence electrons. The Morgan fingerprint density at radius 3 is 2.61 bits per heavy atom. The standard InChI is InChI=1S/C24H33ClN4O2/c1-16(2)15-29(19-7-5-4-6-8-19)21-10-9-18(17(3)13-23(30)31)14-20(21)27-22-11-12-26-24(25)28-22/h9-12,14,16-17,19H,4-8,13,15H2,1-3H3,(H,30,31)(H,26,27,28)/t17-/m1/s1. The van der Waals surface area contributed by atoms with Crippen LogP contribution < -0.4 is 10.2 Å². The fourth-order valence-electron chi connectivity index (χ4n) is 4.36. The zero-order chi connectivity index (χ0) is 22.4. The van der Waals surface area contributed by atoms with Crippen LogP contribution in [-0.2, 0) is 4.79 Å². The van der Waals surface area contributed by atoms with Gasteiger partial charge in [0, 0.05) is 18.8 Å². The first-order chi connectivity index (χ1) is 14.8. The molecule has 6 nitrogen and oxygen atoms in total. The Morgan fingerprint density at radius 1 is 1.23 bits per heavy atom. The molecule has 0 amide bonds. The molecule has 7 heteroatoms. The van der Waals surface area contributed by atoms with E-state index < -0.39 is 5.97 Å². The fraction of sp³-hybridized carbons (Fsp3) is 0.542. The number of rotatable bonds is 9. The van der Waals surface area contributed by atoms with Crippen molar-refractivity contribution in [3.05, 3.63) is 41.3 Å². The number of benzene rings is 1. The van der Waals surface area contributed by atoms with E-state index in [0.717, 1.165) is 23.5 Å². The van der Waals surface area contributed by atoms with Crippen molar-refractivity contribution < 1.29 is 9.90 Å². The molecule has 1 fully saturated rings. The van der Waals surface area contributed by atoms with Crippen molar-refractivity contribution in [1.82, 2.24) is 9.97 Å². The molecule has 1 aromatic heterocycles. The minimum Gasteiger partial charge on any atom is -0.481 e. The Morgan fingerprint density at radius 2 is 1.97 bits per heavy atom. The molecule has 31 heavy (non-hydrogen) atoms. The molecule has 0 spiro atoms. The first-order valence-corrected chi connectivity index (χ1v) is 11.6. The van der Waals surface area contributed by atoms with Gasteiger partial charge in [0.2, 0.25) is 5.28 Å². The molecule has 1 atom stereocenters. The topological polar surface area (TPSA) is 78.4 Å². The SMILES string of the molecule is CC(C)CN(c1ccc([C@H](C)CC(=O)O)cc1Nc1ccnc(Cl)n1)C1CCCCC1. The lowest BCUT2D eigenvalue weighted by atomic mass is 9.92. The lowest BCUT2D eigenvalue weighted by Crippen LogP contribution is -2.39. The van der Waals surface area contributed by atoms with Gasteiger partial charge < -0.3 is 15.3 Å². The second kappa shape index (κ2) is 10.8. The molecule has 0 bridgehead atoms. The molecule has 1 aliphatic rings. The number of nitrogens with one attached hydrogen (secondary N) is 1. The minimum absolute atomic E-state index is 0.0886. The van der Waals surface area contributed by atoms with Gasteiger partial charge in [-0.1, -0.05) is 46.1 Å². The van der Waals surface area contributed by atoms with E-state index in [1.807, 2.05) is 6.92 Å². The van der Waals surface area contributed by atoms with Crippen LogP contribution in [0.2, 0.25) is 5.28 Å². The highest BCUT2D eigenvalue weighted by atomic mass is 35.5. The maximum absolute atomic E-state index is 11.2. The Bertz CT molecular complexity index is 884. The molecular formula is C24H33ClN4O2. The molecule has 0 radical (unpaired) electrons. The molecule has 2 aromatic rings. The molecule has 3 rings (SSSR count). The lowest BCUT2D eigenvalue weighted by molar-refractivity contribution is -0.137. The van der Waals surface area contributed by atoms with E-state index in [4.69, 9.17) is 11.6 Å². The van der Waals surface area contributed by atoms with Crippen molar-refractivity contribution in [1.29, 1.82) is 0 Å². The minimum atomic E-state index is -0.794. The predicted octanol–water partition coefficient (Wildman–Crippen LogP) is 6.25. The number of carboxylic acid groups (broad SMARTS) is 1. The van der Waals surface area contributed by atoms with Crippen LogP contribution >= 0.6 is 11.6 Å². The van der Waals surface area contributed by atoms with Gasteiger partial charge in [-0.25, -0.2) is 9.97 Å². The van der Waals surface area contributed by atoms with Crippen LogP contribution in [0.5, 0.6) is 0 Å². The van der Waals surface area contributed by atoms with E-state index in [0.29, 0.717) is 17.8 Å². The van der Waals surface area contributed by atoms with Crippen molar-refractivity contribution in [3.63, 3.8) is 0 Å². The number of halogens is 1. The van der Waals surface area contributed by atoms with Gasteiger partial charge in [-0.3, -0.25) is 4.79 Å². The molecular weight excluding hydrogens is 412 g/mol. The van der Waals surface area contributed by atoms with E-state index >= 15 is 0 Å². The summed E-state index contributed by atoms with van der Waals surface area (Å²) in [5.41, 5.74) is 3.04. The van der Waals surface area contributed by atoms with E-state index in [1.165, 1.54) is 32.1 Å². The van der Waals surface area contributed by atoms with Gasteiger partial charge in [-0.15, -0.1) is 0 Å². The predicted molar refractivity (Wildman–Crippen MR) is 126 cm³/mol. The molecule has 1 aromatic carbocycles. The van der Waals surface area contributed by atoms with Crippen LogP contribution in [0.25, 0.3) is 0 Å². The van der Waals surface area contributed by atoms with Crippen molar-refractivity contribution in [2.45, 2.75) is 71.3 Å². The Hall–Kier alpha value is -2.34. The average molecular weight is 445 g/mol. The van der Waals surface area contributed by atoms with Gasteiger partial charge >= 0.3 is 5.97 Å². The van der Waals surface area contributed by atoms with E-state index in [9.17, 15) is 9.90 Å². The Labute approximate surface area is 190 Å². The molecule has 0 saturated heterocycles. The second-order valence-corrected chi connectivity index (χ2v) is 9.29. The summed E-state index contributed by atoms with van der Waals surface area (Å²) in [6, 6.07) is 8.56. The van der Waals surface area contributed by atoms with Gasteiger partial charge in [-0.2, -0.15) is 0 Å². The molecule has 2 N–H and O–H groups in total. The Kier molecular flexibility index (Phi) is 8.13. The summed E-state index contributed by atoms with van der Waals surface area (Å²) >= 11 is 6.01. The van der Waals surface area contributed by atoms with E-state index in [1.54, 1.807) is 12.3 Å². The van der Waals surface area contributed by atoms with Crippen LogP contribution in [0.3, 0.4) is 0 Å². The van der Waals surface area contributed by atoms with Crippen molar-refractivity contribution in [3.8, 4) is 0 Å². The first-order valence-electron chi connectivity index (χ1n) is 11.2. The summed E-state index contributed by atoms with van der Waals surface area (Å²) in [6.45, 7) is 7.40. The van der Waals surface area contributed by atoms with Crippen LogP contribution in [0, 0.1) is 5.92 Å². The zero-order valence-corrected chi connectivity index (χ0v) is 19.4. The average Bonchev–Trinajstić information content (AvgIpc) is 2.72. The number of nitrogens with zero attached hydrogens (tertiary/aromatic N) is 3. The number of hydrogen-bond donors (Lipinski definition) is 2. The smallest absolute Gasteiger partial charge is 0.303 e. The van der Waals surface area contributed by atoms with Crippen molar-refractivity contribution in [2.75, 3.05) is 16.8 Å². The van der Waals surface area contributed by atoms with Gasteiger partial charge in [0.1, 0.15) is 5.82 Å². The number of carboxylic acids is 1. The number of aliphatic carboxylic acids is 1. The Balaban J connectivity index is 2.01. The maximum atomic E-state index is 11.2. The number of carbonyl (C=O) groups is 1. The number of anilines is 3. The summed E-state index contributed by atoms with van der Waals surface area (Å²) in [6.07, 6.45) is 7.94. The maximum Gasteiger partial charge on any atom is 0.303 e. The third-order valence-electron chi connectivity index (χ3n) is 5.85. The summed E-state index contributed by atoms with van der Waals surface area (Å²) in [7, 11) is 0. The monoisotopic (exact) mass is 444 g/mol. The van der Waals surface area contributed by atoms with Crippen molar-refractivity contribution in [2.24, 2.45) is 5.92 Å². The highest BCUT2D eigenvalue weighted by Gasteiger charge is 2.25. The molecule has 1 heterocycles. The third kappa shape index (κ3) is 6.57. The molecule has 1 saturated carbocycles. The molecule has 0 unspecified atom stereocenters. The highest BCUT2D eigenvalue weighted by molar-refractivity contribution is 6.28. The normalized spacial score (nSPS) is 15.6. The quantitative estimate of drug-likeness (QED) is 0.445. The second-order valence-electron chi connectivity index (χ2n) is 8.95. The van der Waals surface area contributed by atoms with Crippen LogP contribution in [0.4, 0.5) is 17.2 Å². The third-order valence-corrected chi connectivity index (χ3v) is 6.03. The number of hydrogen-bond acceptors (Lipinski definition) is 5. The fourth-order valence-corrected chi connectivity index (χ4v) is 4.51. The largest absolute Gasteiger partial charge is 0.481 e. The number of aromatic nitrogens is 2. The van der Waals surface area contributed by atoms with Gasteiger partial charge in [0.15, 0.2) is 0 Å². The van der Waals surface area contributed by atoms with Crippen LogP contribution in [-0.4, -0.2) is 33.6 Å². The highest BCUT2D eigenvalue weighted by Crippen LogP contribution is 2.37. The summed E-state index contributed by atoms with van der Waals surface area (Å²) in [5, 5.41) is 12.9. The van der Waals surface area contributed by atoms with E-state index in [2.05, 4.69) is 52.2 Å². The lowest BCUT2D eigenvalue weighted by Gasteiger charge is -2.38. The first kappa shape index (κ1) is 23.3. The zero-order valence-electron chi connectivity index (χ0n) is 18.6. The van der Waals surface area contributed by atoms with Crippen molar-refractivity contribution >= 4 is 34.8 Å². The van der Waals surface area contributed by atoms with E-state index in [-0.39, 0.29) is 17.6 Å². The summed E-state index contributed by atoms with van der Waals surface area (Å²) in [4.78, 5) is 22.0. The molecule has 0 aliphatic heterocycles. The molecule has 1 aliphatic carbocycles. The van der Waals surface area contributed by atoms with Gasteiger partial charge in [-0.05, 0) is 60.0 Å².